The summed E-state index contributed by atoms with van der Waals surface area (Å²) in [6.07, 6.45) is 0. The van der Waals surface area contributed by atoms with Gasteiger partial charge in [0.2, 0.25) is 0 Å². The van der Waals surface area contributed by atoms with E-state index in [1.54, 1.807) is 0 Å². The van der Waals surface area contributed by atoms with Crippen molar-refractivity contribution in [3.05, 3.63) is 35.4 Å². The van der Waals surface area contributed by atoms with Crippen molar-refractivity contribution in [2.45, 2.75) is 33.0 Å². The van der Waals surface area contributed by atoms with E-state index in [0.29, 0.717) is 12.6 Å². The molecule has 0 aromatic heterocycles. The Morgan fingerprint density at radius 1 is 1.15 bits per heavy atom. The zero-order valence-corrected chi connectivity index (χ0v) is 8.38. The van der Waals surface area contributed by atoms with Crippen LogP contribution >= 0.6 is 0 Å². The second-order valence-corrected chi connectivity index (χ2v) is 3.56. The van der Waals surface area contributed by atoms with Crippen LogP contribution in [0.15, 0.2) is 24.3 Å². The molecule has 3 N–H and O–H groups in total. The molecule has 0 aliphatic rings. The Hall–Kier alpha value is -0.860. The zero-order valence-electron chi connectivity index (χ0n) is 8.38. The smallest absolute Gasteiger partial charge is 0.0207 e. The quantitative estimate of drug-likeness (QED) is 0.735. The van der Waals surface area contributed by atoms with Gasteiger partial charge in [-0.3, -0.25) is 0 Å². The van der Waals surface area contributed by atoms with Crippen molar-refractivity contribution in [3.63, 3.8) is 0 Å². The Labute approximate surface area is 80.1 Å². The van der Waals surface area contributed by atoms with Gasteiger partial charge < -0.3 is 11.1 Å². The van der Waals surface area contributed by atoms with Crippen LogP contribution in [0.5, 0.6) is 0 Å². The van der Waals surface area contributed by atoms with Crippen LogP contribution in [0.3, 0.4) is 0 Å². The van der Waals surface area contributed by atoms with Crippen LogP contribution in [0.25, 0.3) is 0 Å². The lowest BCUT2D eigenvalue weighted by Crippen LogP contribution is -2.21. The van der Waals surface area contributed by atoms with Crippen molar-refractivity contribution < 1.29 is 0 Å². The molecule has 2 nitrogen and oxygen atoms in total. The Morgan fingerprint density at radius 3 is 2.15 bits per heavy atom. The Kier molecular flexibility index (Phi) is 3.93. The summed E-state index contributed by atoms with van der Waals surface area (Å²) < 4.78 is 0. The number of nitrogens with two attached hydrogens (primary N) is 1. The van der Waals surface area contributed by atoms with E-state index in [-0.39, 0.29) is 0 Å². The first kappa shape index (κ1) is 10.2. The zero-order chi connectivity index (χ0) is 9.68. The first-order valence-corrected chi connectivity index (χ1v) is 4.73. The van der Waals surface area contributed by atoms with Gasteiger partial charge >= 0.3 is 0 Å². The fourth-order valence-corrected chi connectivity index (χ4v) is 1.12. The second-order valence-electron chi connectivity index (χ2n) is 3.56. The molecule has 0 bridgehead atoms. The highest BCUT2D eigenvalue weighted by molar-refractivity contribution is 5.22. The minimum absolute atomic E-state index is 0.536. The third-order valence-electron chi connectivity index (χ3n) is 1.97. The molecule has 1 aromatic rings. The highest BCUT2D eigenvalue weighted by Gasteiger charge is 1.94. The molecule has 0 aliphatic heterocycles. The first-order valence-electron chi connectivity index (χ1n) is 4.73. The van der Waals surface area contributed by atoms with Gasteiger partial charge in [0, 0.05) is 19.1 Å². The van der Waals surface area contributed by atoms with Crippen LogP contribution in [0.4, 0.5) is 0 Å². The predicted octanol–water partition coefficient (Wildman–Crippen LogP) is 1.64. The van der Waals surface area contributed by atoms with Gasteiger partial charge in [0.25, 0.3) is 0 Å². The van der Waals surface area contributed by atoms with E-state index in [4.69, 9.17) is 5.73 Å². The molecule has 2 heteroatoms. The molecule has 0 fully saturated rings. The van der Waals surface area contributed by atoms with Gasteiger partial charge in [-0.25, -0.2) is 0 Å². The molecule has 0 radical (unpaired) electrons. The fraction of sp³-hybridized carbons (Fsp3) is 0.455. The second kappa shape index (κ2) is 5.00. The normalized spacial score (nSPS) is 10.8. The molecule has 0 heterocycles. The fourth-order valence-electron chi connectivity index (χ4n) is 1.12. The minimum atomic E-state index is 0.536. The molecule has 1 rings (SSSR count). The maximum absolute atomic E-state index is 5.51. The number of hydrogen-bond donors (Lipinski definition) is 2. The van der Waals surface area contributed by atoms with Crippen LogP contribution in [-0.4, -0.2) is 6.04 Å². The van der Waals surface area contributed by atoms with E-state index in [1.807, 2.05) is 0 Å². The molecule has 0 spiro atoms. The largest absolute Gasteiger partial charge is 0.326 e. The van der Waals surface area contributed by atoms with Gasteiger partial charge in [-0.1, -0.05) is 38.1 Å². The summed E-state index contributed by atoms with van der Waals surface area (Å²) >= 11 is 0. The Bertz CT molecular complexity index is 239. The van der Waals surface area contributed by atoms with Crippen molar-refractivity contribution >= 4 is 0 Å². The third-order valence-corrected chi connectivity index (χ3v) is 1.97. The number of hydrogen-bond acceptors (Lipinski definition) is 2. The van der Waals surface area contributed by atoms with E-state index in [1.165, 1.54) is 11.1 Å². The van der Waals surface area contributed by atoms with Gasteiger partial charge in [-0.05, 0) is 11.1 Å². The molecular formula is C11H18N2. The van der Waals surface area contributed by atoms with Crippen LogP contribution in [0, 0.1) is 0 Å². The summed E-state index contributed by atoms with van der Waals surface area (Å²) in [5.41, 5.74) is 8.01. The van der Waals surface area contributed by atoms with Crippen molar-refractivity contribution in [1.82, 2.24) is 5.32 Å². The van der Waals surface area contributed by atoms with Crippen molar-refractivity contribution in [2.75, 3.05) is 0 Å². The van der Waals surface area contributed by atoms with E-state index < -0.39 is 0 Å². The monoisotopic (exact) mass is 178 g/mol. The van der Waals surface area contributed by atoms with Gasteiger partial charge in [-0.15, -0.1) is 0 Å². The molecule has 0 atom stereocenters. The summed E-state index contributed by atoms with van der Waals surface area (Å²) in [5.74, 6) is 0. The molecular weight excluding hydrogens is 160 g/mol. The Morgan fingerprint density at radius 2 is 1.69 bits per heavy atom. The molecule has 13 heavy (non-hydrogen) atoms. The lowest BCUT2D eigenvalue weighted by Gasteiger charge is -2.08. The lowest BCUT2D eigenvalue weighted by atomic mass is 10.1. The van der Waals surface area contributed by atoms with Crippen LogP contribution in [-0.2, 0) is 13.1 Å². The first-order chi connectivity index (χ1) is 6.22. The summed E-state index contributed by atoms with van der Waals surface area (Å²) in [7, 11) is 0. The van der Waals surface area contributed by atoms with E-state index >= 15 is 0 Å². The molecule has 0 amide bonds. The summed E-state index contributed by atoms with van der Waals surface area (Å²) in [5, 5.41) is 3.37. The van der Waals surface area contributed by atoms with Gasteiger partial charge in [0.15, 0.2) is 0 Å². The molecule has 1 aromatic carbocycles. The predicted molar refractivity (Wildman–Crippen MR) is 56.3 cm³/mol. The Balaban J connectivity index is 2.49. The van der Waals surface area contributed by atoms with Gasteiger partial charge in [-0.2, -0.15) is 0 Å². The molecule has 0 aliphatic carbocycles. The number of rotatable bonds is 4. The maximum atomic E-state index is 5.51. The van der Waals surface area contributed by atoms with Crippen LogP contribution < -0.4 is 11.1 Å². The molecule has 72 valence electrons. The van der Waals surface area contributed by atoms with Crippen molar-refractivity contribution in [3.8, 4) is 0 Å². The van der Waals surface area contributed by atoms with Crippen LogP contribution in [0.2, 0.25) is 0 Å². The minimum Gasteiger partial charge on any atom is -0.326 e. The summed E-state index contributed by atoms with van der Waals surface area (Å²) in [4.78, 5) is 0. The number of nitrogens with one attached hydrogen (secondary N) is 1. The molecule has 0 saturated heterocycles. The third kappa shape index (κ3) is 3.57. The van der Waals surface area contributed by atoms with Crippen molar-refractivity contribution in [1.29, 1.82) is 0 Å². The average molecular weight is 178 g/mol. The highest BCUT2D eigenvalue weighted by Crippen LogP contribution is 2.03. The van der Waals surface area contributed by atoms with Crippen molar-refractivity contribution in [2.24, 2.45) is 5.73 Å². The van der Waals surface area contributed by atoms with E-state index in [9.17, 15) is 0 Å². The van der Waals surface area contributed by atoms with E-state index in [2.05, 4.69) is 43.4 Å². The standard InChI is InChI=1S/C11H18N2/c1-9(2)13-8-11-5-3-10(7-12)4-6-11/h3-6,9,13H,7-8,12H2,1-2H3. The molecule has 0 unspecified atom stereocenters. The maximum Gasteiger partial charge on any atom is 0.0207 e. The van der Waals surface area contributed by atoms with Gasteiger partial charge in [0.1, 0.15) is 0 Å². The summed E-state index contributed by atoms with van der Waals surface area (Å²) in [6.45, 7) is 5.85. The summed E-state index contributed by atoms with van der Waals surface area (Å²) in [6, 6.07) is 8.94. The average Bonchev–Trinajstić information content (AvgIpc) is 2.15. The van der Waals surface area contributed by atoms with Crippen LogP contribution in [0.1, 0.15) is 25.0 Å². The number of benzene rings is 1. The highest BCUT2D eigenvalue weighted by atomic mass is 14.9. The van der Waals surface area contributed by atoms with Gasteiger partial charge in [0.05, 0.1) is 0 Å². The molecule has 0 saturated carbocycles. The van der Waals surface area contributed by atoms with E-state index in [0.717, 1.165) is 6.54 Å². The lowest BCUT2D eigenvalue weighted by molar-refractivity contribution is 0.589. The topological polar surface area (TPSA) is 38.0 Å². The SMILES string of the molecule is CC(C)NCc1ccc(CN)cc1.